The summed E-state index contributed by atoms with van der Waals surface area (Å²) < 4.78 is 31.5. The minimum atomic E-state index is -4.05. The molecule has 0 unspecified atom stereocenters. The Labute approximate surface area is 129 Å². The Balaban J connectivity index is 3.23. The van der Waals surface area contributed by atoms with Crippen LogP contribution in [0.15, 0.2) is 17.0 Å². The molecule has 0 amide bonds. The third-order valence-electron chi connectivity index (χ3n) is 3.04. The van der Waals surface area contributed by atoms with Crippen LogP contribution in [0.2, 0.25) is 0 Å². The summed E-state index contributed by atoms with van der Waals surface area (Å²) in [5.41, 5.74) is 1.94. The first-order valence-electron chi connectivity index (χ1n) is 6.48. The number of hydrogen-bond donors (Lipinski definition) is 2. The topological polar surface area (TPSA) is 110 Å². The van der Waals surface area contributed by atoms with Gasteiger partial charge in [0.15, 0.2) is 0 Å². The van der Waals surface area contributed by atoms with Crippen LogP contribution in [0.5, 0.6) is 0 Å². The predicted octanol–water partition coefficient (Wildman–Crippen LogP) is 0.906. The molecule has 22 heavy (non-hydrogen) atoms. The lowest BCUT2D eigenvalue weighted by Crippen LogP contribution is -2.43. The zero-order chi connectivity index (χ0) is 17.1. The molecule has 0 aliphatic carbocycles. The van der Waals surface area contributed by atoms with E-state index in [9.17, 15) is 18.0 Å². The van der Waals surface area contributed by atoms with Crippen molar-refractivity contribution < 1.29 is 27.9 Å². The SMILES string of the molecule is COC(=O)[C@H](CC(=O)O)NS(=O)(=O)c1c(C)cc(C)cc1C. The number of carbonyl (C=O) groups is 2. The average molecular weight is 329 g/mol. The fraction of sp³-hybridized carbons (Fsp3) is 0.429. The van der Waals surface area contributed by atoms with Gasteiger partial charge in [0, 0.05) is 0 Å². The van der Waals surface area contributed by atoms with Crippen LogP contribution in [0, 0.1) is 20.8 Å². The van der Waals surface area contributed by atoms with E-state index in [-0.39, 0.29) is 4.90 Å². The van der Waals surface area contributed by atoms with Crippen molar-refractivity contribution in [2.45, 2.75) is 38.1 Å². The van der Waals surface area contributed by atoms with E-state index in [4.69, 9.17) is 5.11 Å². The molecule has 1 aromatic carbocycles. The lowest BCUT2D eigenvalue weighted by molar-refractivity contribution is -0.147. The van der Waals surface area contributed by atoms with Crippen LogP contribution >= 0.6 is 0 Å². The van der Waals surface area contributed by atoms with E-state index in [1.807, 2.05) is 6.92 Å². The quantitative estimate of drug-likeness (QED) is 0.751. The van der Waals surface area contributed by atoms with Crippen LogP contribution in [0.3, 0.4) is 0 Å². The van der Waals surface area contributed by atoms with Gasteiger partial charge in [-0.25, -0.2) is 8.42 Å². The highest BCUT2D eigenvalue weighted by molar-refractivity contribution is 7.89. The first kappa shape index (κ1) is 18.1. The van der Waals surface area contributed by atoms with Gasteiger partial charge in [-0.15, -0.1) is 0 Å². The van der Waals surface area contributed by atoms with Crippen molar-refractivity contribution in [3.8, 4) is 0 Å². The zero-order valence-electron chi connectivity index (χ0n) is 12.8. The van der Waals surface area contributed by atoms with Gasteiger partial charge < -0.3 is 9.84 Å². The van der Waals surface area contributed by atoms with E-state index < -0.39 is 34.4 Å². The molecule has 0 aliphatic rings. The number of sulfonamides is 1. The highest BCUT2D eigenvalue weighted by Crippen LogP contribution is 2.22. The molecule has 1 rings (SSSR count). The third-order valence-corrected chi connectivity index (χ3v) is 4.81. The average Bonchev–Trinajstić information content (AvgIpc) is 2.34. The first-order chi connectivity index (χ1) is 10.1. The molecule has 0 saturated carbocycles. The summed E-state index contributed by atoms with van der Waals surface area (Å²) in [4.78, 5) is 22.4. The van der Waals surface area contributed by atoms with E-state index in [0.717, 1.165) is 12.7 Å². The first-order valence-corrected chi connectivity index (χ1v) is 7.96. The van der Waals surface area contributed by atoms with E-state index in [1.165, 1.54) is 0 Å². The number of benzene rings is 1. The summed E-state index contributed by atoms with van der Waals surface area (Å²) in [7, 11) is -2.99. The van der Waals surface area contributed by atoms with Gasteiger partial charge in [-0.3, -0.25) is 9.59 Å². The summed E-state index contributed by atoms with van der Waals surface area (Å²) in [5, 5.41) is 8.80. The molecular formula is C14H19NO6S. The molecular weight excluding hydrogens is 310 g/mol. The van der Waals surface area contributed by atoms with Gasteiger partial charge in [-0.05, 0) is 31.9 Å². The standard InChI is InChI=1S/C14H19NO6S/c1-8-5-9(2)13(10(3)6-8)22(19,20)15-11(7-12(16)17)14(18)21-4/h5-6,11,15H,7H2,1-4H3,(H,16,17)/t11-/m0/s1. The third kappa shape index (κ3) is 4.28. The molecule has 2 N–H and O–H groups in total. The highest BCUT2D eigenvalue weighted by atomic mass is 32.2. The largest absolute Gasteiger partial charge is 0.481 e. The summed E-state index contributed by atoms with van der Waals surface area (Å²) in [5.74, 6) is -2.26. The highest BCUT2D eigenvalue weighted by Gasteiger charge is 2.30. The maximum atomic E-state index is 12.5. The maximum Gasteiger partial charge on any atom is 0.324 e. The number of esters is 1. The summed E-state index contributed by atoms with van der Waals surface area (Å²) in [6, 6.07) is 1.92. The fourth-order valence-electron chi connectivity index (χ4n) is 2.33. The van der Waals surface area contributed by atoms with Gasteiger partial charge in [0.05, 0.1) is 18.4 Å². The van der Waals surface area contributed by atoms with Gasteiger partial charge in [-0.1, -0.05) is 17.7 Å². The van der Waals surface area contributed by atoms with Crippen LogP contribution in [-0.2, 0) is 24.3 Å². The zero-order valence-corrected chi connectivity index (χ0v) is 13.7. The molecule has 0 spiro atoms. The lowest BCUT2D eigenvalue weighted by atomic mass is 10.1. The summed E-state index contributed by atoms with van der Waals surface area (Å²) in [6.45, 7) is 5.11. The Morgan fingerprint density at radius 1 is 1.23 bits per heavy atom. The number of methoxy groups -OCH3 is 1. The van der Waals surface area contributed by atoms with Gasteiger partial charge in [0.25, 0.3) is 0 Å². The van der Waals surface area contributed by atoms with Crippen LogP contribution < -0.4 is 4.72 Å². The number of rotatable bonds is 6. The molecule has 122 valence electrons. The van der Waals surface area contributed by atoms with Crippen LogP contribution in [0.1, 0.15) is 23.1 Å². The summed E-state index contributed by atoms with van der Waals surface area (Å²) in [6.07, 6.45) is -0.699. The Kier molecular flexibility index (Phi) is 5.67. The van der Waals surface area contributed by atoms with Crippen molar-refractivity contribution in [3.05, 3.63) is 28.8 Å². The number of ether oxygens (including phenoxy) is 1. The van der Waals surface area contributed by atoms with E-state index in [1.54, 1.807) is 26.0 Å². The Morgan fingerprint density at radius 2 is 1.73 bits per heavy atom. The van der Waals surface area contributed by atoms with E-state index in [0.29, 0.717) is 11.1 Å². The number of nitrogens with one attached hydrogen (secondary N) is 1. The van der Waals surface area contributed by atoms with Gasteiger partial charge in [-0.2, -0.15) is 4.72 Å². The second-order valence-corrected chi connectivity index (χ2v) is 6.67. The van der Waals surface area contributed by atoms with Crippen LogP contribution in [0.25, 0.3) is 0 Å². The Hall–Kier alpha value is -1.93. The molecule has 7 nitrogen and oxygen atoms in total. The molecule has 1 atom stereocenters. The molecule has 8 heteroatoms. The van der Waals surface area contributed by atoms with Crippen molar-refractivity contribution >= 4 is 22.0 Å². The van der Waals surface area contributed by atoms with Crippen molar-refractivity contribution in [1.82, 2.24) is 4.72 Å². The van der Waals surface area contributed by atoms with Crippen molar-refractivity contribution in [3.63, 3.8) is 0 Å². The fourth-order valence-corrected chi connectivity index (χ4v) is 3.96. The number of carbonyl (C=O) groups excluding carboxylic acids is 1. The lowest BCUT2D eigenvalue weighted by Gasteiger charge is -2.17. The van der Waals surface area contributed by atoms with Gasteiger partial charge in [0.2, 0.25) is 10.0 Å². The van der Waals surface area contributed by atoms with Crippen molar-refractivity contribution in [2.75, 3.05) is 7.11 Å². The van der Waals surface area contributed by atoms with E-state index >= 15 is 0 Å². The Morgan fingerprint density at radius 3 is 2.14 bits per heavy atom. The monoisotopic (exact) mass is 329 g/mol. The molecule has 0 radical (unpaired) electrons. The van der Waals surface area contributed by atoms with Crippen molar-refractivity contribution in [1.29, 1.82) is 0 Å². The Bertz CT molecular complexity index is 672. The molecule has 0 heterocycles. The number of aryl methyl sites for hydroxylation is 3. The van der Waals surface area contributed by atoms with Gasteiger partial charge >= 0.3 is 11.9 Å². The number of aliphatic carboxylic acids is 1. The molecule has 1 aromatic rings. The predicted molar refractivity (Wildman–Crippen MR) is 79.0 cm³/mol. The molecule has 0 aliphatic heterocycles. The van der Waals surface area contributed by atoms with Gasteiger partial charge in [0.1, 0.15) is 6.04 Å². The summed E-state index contributed by atoms with van der Waals surface area (Å²) >= 11 is 0. The number of hydrogen-bond acceptors (Lipinski definition) is 5. The minimum Gasteiger partial charge on any atom is -0.481 e. The molecule has 0 saturated heterocycles. The molecule has 0 bridgehead atoms. The second-order valence-electron chi connectivity index (χ2n) is 5.02. The number of carboxylic acid groups (broad SMARTS) is 1. The van der Waals surface area contributed by atoms with Crippen LogP contribution in [0.4, 0.5) is 0 Å². The normalized spacial score (nSPS) is 12.7. The smallest absolute Gasteiger partial charge is 0.324 e. The number of carboxylic acids is 1. The molecule has 0 aromatic heterocycles. The van der Waals surface area contributed by atoms with Crippen LogP contribution in [-0.4, -0.2) is 38.6 Å². The molecule has 0 fully saturated rings. The van der Waals surface area contributed by atoms with E-state index in [2.05, 4.69) is 9.46 Å². The second kappa shape index (κ2) is 6.89. The minimum absolute atomic E-state index is 0.0393. The maximum absolute atomic E-state index is 12.5. The van der Waals surface area contributed by atoms with Crippen molar-refractivity contribution in [2.24, 2.45) is 0 Å².